The second-order valence-electron chi connectivity index (χ2n) is 8.21. The minimum Gasteiger partial charge on any atom is -0.357 e. The lowest BCUT2D eigenvalue weighted by molar-refractivity contribution is -0.139. The van der Waals surface area contributed by atoms with Crippen molar-refractivity contribution in [2.45, 2.75) is 31.3 Å². The summed E-state index contributed by atoms with van der Waals surface area (Å²) >= 11 is 5.94. The maximum Gasteiger partial charge on any atom is 0.264 e. The number of aryl methyl sites for hydroxylation is 1. The summed E-state index contributed by atoms with van der Waals surface area (Å²) in [6, 6.07) is 17.2. The van der Waals surface area contributed by atoms with Crippen LogP contribution in [0.3, 0.4) is 0 Å². The Morgan fingerprint density at radius 2 is 1.69 bits per heavy atom. The first-order valence-corrected chi connectivity index (χ1v) is 13.0. The van der Waals surface area contributed by atoms with E-state index in [-0.39, 0.29) is 22.7 Å². The van der Waals surface area contributed by atoms with E-state index in [1.54, 1.807) is 37.3 Å². The van der Waals surface area contributed by atoms with Gasteiger partial charge in [-0.15, -0.1) is 0 Å². The molecule has 0 bridgehead atoms. The van der Waals surface area contributed by atoms with Gasteiger partial charge in [-0.25, -0.2) is 12.8 Å². The predicted octanol–water partition coefficient (Wildman–Crippen LogP) is 4.15. The monoisotopic (exact) mass is 531 g/mol. The van der Waals surface area contributed by atoms with Gasteiger partial charge in [0.1, 0.15) is 18.4 Å². The van der Waals surface area contributed by atoms with Gasteiger partial charge in [-0.2, -0.15) is 0 Å². The molecule has 0 aliphatic rings. The molecule has 0 aliphatic carbocycles. The van der Waals surface area contributed by atoms with E-state index in [1.165, 1.54) is 56.4 Å². The Kier molecular flexibility index (Phi) is 8.70. The highest BCUT2D eigenvalue weighted by atomic mass is 35.5. The molecule has 0 aromatic heterocycles. The lowest BCUT2D eigenvalue weighted by Crippen LogP contribution is -2.50. The van der Waals surface area contributed by atoms with Crippen LogP contribution in [0.25, 0.3) is 0 Å². The molecule has 7 nitrogen and oxygen atoms in total. The lowest BCUT2D eigenvalue weighted by atomic mass is 10.1. The van der Waals surface area contributed by atoms with E-state index < -0.39 is 40.2 Å². The van der Waals surface area contributed by atoms with Gasteiger partial charge in [0.2, 0.25) is 11.8 Å². The van der Waals surface area contributed by atoms with Gasteiger partial charge < -0.3 is 10.2 Å². The maximum atomic E-state index is 14.4. The molecular weight excluding hydrogens is 505 g/mol. The van der Waals surface area contributed by atoms with Crippen LogP contribution in [0.5, 0.6) is 0 Å². The van der Waals surface area contributed by atoms with Crippen LogP contribution < -0.4 is 9.62 Å². The topological polar surface area (TPSA) is 86.8 Å². The number of amides is 2. The molecule has 1 N–H and O–H groups in total. The summed E-state index contributed by atoms with van der Waals surface area (Å²) in [5.41, 5.74) is 1.26. The van der Waals surface area contributed by atoms with Crippen LogP contribution in [0.1, 0.15) is 18.1 Å². The van der Waals surface area contributed by atoms with Crippen LogP contribution in [0.2, 0.25) is 5.02 Å². The van der Waals surface area contributed by atoms with Crippen molar-refractivity contribution in [3.63, 3.8) is 0 Å². The van der Waals surface area contributed by atoms with Gasteiger partial charge in [0, 0.05) is 24.2 Å². The summed E-state index contributed by atoms with van der Waals surface area (Å²) in [6.45, 7) is 2.48. The number of halogens is 2. The van der Waals surface area contributed by atoms with Crippen LogP contribution >= 0.6 is 11.6 Å². The third-order valence-corrected chi connectivity index (χ3v) is 7.72. The van der Waals surface area contributed by atoms with E-state index in [0.717, 1.165) is 14.8 Å². The summed E-state index contributed by atoms with van der Waals surface area (Å²) in [6.07, 6.45) is 0. The first-order chi connectivity index (χ1) is 17.0. The highest BCUT2D eigenvalue weighted by Gasteiger charge is 2.32. The summed E-state index contributed by atoms with van der Waals surface area (Å²) in [4.78, 5) is 27.2. The standard InChI is InChI=1S/C26H27ClFN3O4S/c1-18-7-6-9-22(15-18)31(36(34,35)23-13-11-21(27)12-14-23)17-25(32)30(19(2)26(33)29-3)16-20-8-4-5-10-24(20)28/h4-15,19H,16-17H2,1-3H3,(H,29,33)/t19-/m0/s1. The highest BCUT2D eigenvalue weighted by molar-refractivity contribution is 7.92. The zero-order valence-electron chi connectivity index (χ0n) is 20.1. The van der Waals surface area contributed by atoms with Crippen molar-refractivity contribution in [2.24, 2.45) is 0 Å². The van der Waals surface area contributed by atoms with Crippen molar-refractivity contribution in [2.75, 3.05) is 17.9 Å². The Morgan fingerprint density at radius 1 is 1.03 bits per heavy atom. The zero-order valence-corrected chi connectivity index (χ0v) is 21.7. The van der Waals surface area contributed by atoms with Gasteiger partial charge in [0.05, 0.1) is 10.6 Å². The maximum absolute atomic E-state index is 14.4. The molecule has 0 unspecified atom stereocenters. The van der Waals surface area contributed by atoms with Crippen molar-refractivity contribution >= 4 is 39.1 Å². The molecule has 0 spiro atoms. The van der Waals surface area contributed by atoms with Gasteiger partial charge in [-0.1, -0.05) is 41.9 Å². The minimum atomic E-state index is -4.20. The number of hydrogen-bond donors (Lipinski definition) is 1. The molecule has 10 heteroatoms. The van der Waals surface area contributed by atoms with Crippen molar-refractivity contribution < 1.29 is 22.4 Å². The molecule has 2 amide bonds. The summed E-state index contributed by atoms with van der Waals surface area (Å²) in [5, 5.41) is 2.85. The number of anilines is 1. The first kappa shape index (κ1) is 27.2. The van der Waals surface area contributed by atoms with Crippen molar-refractivity contribution in [3.05, 3.63) is 94.8 Å². The predicted molar refractivity (Wildman–Crippen MR) is 138 cm³/mol. The fourth-order valence-corrected chi connectivity index (χ4v) is 5.18. The molecule has 0 radical (unpaired) electrons. The number of likely N-dealkylation sites (N-methyl/N-ethyl adjacent to an activating group) is 1. The fourth-order valence-electron chi connectivity index (χ4n) is 3.65. The molecule has 1 atom stereocenters. The van der Waals surface area contributed by atoms with Gasteiger partial charge >= 0.3 is 0 Å². The van der Waals surface area contributed by atoms with Crippen molar-refractivity contribution in [1.82, 2.24) is 10.2 Å². The van der Waals surface area contributed by atoms with Gasteiger partial charge in [0.15, 0.2) is 0 Å². The third kappa shape index (κ3) is 6.22. The van der Waals surface area contributed by atoms with Crippen LogP contribution in [-0.2, 0) is 26.2 Å². The average molecular weight is 532 g/mol. The third-order valence-electron chi connectivity index (χ3n) is 5.68. The van der Waals surface area contributed by atoms with E-state index in [2.05, 4.69) is 5.32 Å². The molecular formula is C26H27ClFN3O4S. The number of sulfonamides is 1. The molecule has 3 rings (SSSR count). The Hall–Kier alpha value is -3.43. The molecule has 0 saturated carbocycles. The Balaban J connectivity index is 2.05. The number of carbonyl (C=O) groups excluding carboxylic acids is 2. The summed E-state index contributed by atoms with van der Waals surface area (Å²) in [7, 11) is -2.77. The molecule has 0 heterocycles. The highest BCUT2D eigenvalue weighted by Crippen LogP contribution is 2.26. The summed E-state index contributed by atoms with van der Waals surface area (Å²) in [5.74, 6) is -1.68. The zero-order chi connectivity index (χ0) is 26.5. The second-order valence-corrected chi connectivity index (χ2v) is 10.5. The lowest BCUT2D eigenvalue weighted by Gasteiger charge is -2.32. The first-order valence-electron chi connectivity index (χ1n) is 11.1. The van der Waals surface area contributed by atoms with E-state index in [4.69, 9.17) is 11.6 Å². The second kappa shape index (κ2) is 11.5. The molecule has 0 saturated heterocycles. The van der Waals surface area contributed by atoms with Gasteiger partial charge in [0.25, 0.3) is 10.0 Å². The van der Waals surface area contributed by atoms with Crippen molar-refractivity contribution in [3.8, 4) is 0 Å². The number of rotatable bonds is 9. The van der Waals surface area contributed by atoms with Gasteiger partial charge in [-0.05, 0) is 61.9 Å². The number of nitrogens with zero attached hydrogens (tertiary/aromatic N) is 2. The van der Waals surface area contributed by atoms with E-state index in [0.29, 0.717) is 5.02 Å². The SMILES string of the molecule is CNC(=O)[C@H](C)N(Cc1ccccc1F)C(=O)CN(c1cccc(C)c1)S(=O)(=O)c1ccc(Cl)cc1. The fraction of sp³-hybridized carbons (Fsp3) is 0.231. The van der Waals surface area contributed by atoms with Crippen LogP contribution in [-0.4, -0.2) is 44.8 Å². The van der Waals surface area contributed by atoms with Crippen molar-refractivity contribution in [1.29, 1.82) is 0 Å². The smallest absolute Gasteiger partial charge is 0.264 e. The van der Waals surface area contributed by atoms with E-state index in [9.17, 15) is 22.4 Å². The Labute approximate surface area is 215 Å². The number of benzene rings is 3. The largest absolute Gasteiger partial charge is 0.357 e. The molecule has 36 heavy (non-hydrogen) atoms. The summed E-state index contributed by atoms with van der Waals surface area (Å²) < 4.78 is 42.7. The van der Waals surface area contributed by atoms with E-state index >= 15 is 0 Å². The van der Waals surface area contributed by atoms with Crippen LogP contribution in [0.4, 0.5) is 10.1 Å². The minimum absolute atomic E-state index is 0.0544. The molecule has 0 aliphatic heterocycles. The normalized spacial score (nSPS) is 12.0. The average Bonchev–Trinajstić information content (AvgIpc) is 2.85. The Bertz CT molecular complexity index is 1350. The number of hydrogen-bond acceptors (Lipinski definition) is 4. The number of carbonyl (C=O) groups is 2. The van der Waals surface area contributed by atoms with Crippen LogP contribution in [0.15, 0.2) is 77.7 Å². The molecule has 190 valence electrons. The Morgan fingerprint density at radius 3 is 2.31 bits per heavy atom. The van der Waals surface area contributed by atoms with Gasteiger partial charge in [-0.3, -0.25) is 13.9 Å². The molecule has 0 fully saturated rings. The van der Waals surface area contributed by atoms with E-state index in [1.807, 2.05) is 0 Å². The number of nitrogens with one attached hydrogen (secondary N) is 1. The molecule has 3 aromatic rings. The quantitative estimate of drug-likeness (QED) is 0.449. The van der Waals surface area contributed by atoms with Crippen LogP contribution in [0, 0.1) is 12.7 Å². The molecule has 3 aromatic carbocycles.